The van der Waals surface area contributed by atoms with Crippen LogP contribution in [0.15, 0.2) is 6.20 Å². The lowest BCUT2D eigenvalue weighted by Crippen LogP contribution is -2.18. The lowest BCUT2D eigenvalue weighted by atomic mass is 10.1. The maximum Gasteiger partial charge on any atom is 0.203 e. The number of aryl methyl sites for hydroxylation is 1. The maximum absolute atomic E-state index is 5.35. The Morgan fingerprint density at radius 3 is 3.05 bits per heavy atom. The summed E-state index contributed by atoms with van der Waals surface area (Å²) in [5.74, 6) is 1.76. The van der Waals surface area contributed by atoms with Gasteiger partial charge in [0.25, 0.3) is 0 Å². The molecule has 0 radical (unpaired) electrons. The Morgan fingerprint density at radius 1 is 1.50 bits per heavy atom. The van der Waals surface area contributed by atoms with Crippen LogP contribution in [0.4, 0.5) is 5.95 Å². The van der Waals surface area contributed by atoms with E-state index in [2.05, 4.69) is 39.9 Å². The second-order valence-electron chi connectivity index (χ2n) is 5.75. The molecule has 0 aliphatic carbocycles. The van der Waals surface area contributed by atoms with E-state index in [1.807, 2.05) is 6.92 Å². The van der Waals surface area contributed by atoms with Crippen LogP contribution in [0.2, 0.25) is 0 Å². The third-order valence-electron chi connectivity index (χ3n) is 3.79. The van der Waals surface area contributed by atoms with Gasteiger partial charge >= 0.3 is 0 Å². The Balaban J connectivity index is 1.82. The molecule has 114 valence electrons. The van der Waals surface area contributed by atoms with Gasteiger partial charge in [0.1, 0.15) is 0 Å². The molecule has 1 aromatic rings. The lowest BCUT2D eigenvalue weighted by molar-refractivity contribution is 0.147. The third kappa shape index (κ3) is 4.49. The van der Waals surface area contributed by atoms with Gasteiger partial charge in [-0.05, 0) is 46.2 Å². The fraction of sp³-hybridized carbons (Fsp3) is 0.800. The quantitative estimate of drug-likeness (QED) is 0.739. The van der Waals surface area contributed by atoms with Gasteiger partial charge in [0.2, 0.25) is 5.95 Å². The highest BCUT2D eigenvalue weighted by molar-refractivity contribution is 5.28. The zero-order valence-corrected chi connectivity index (χ0v) is 13.1. The maximum atomic E-state index is 5.35. The van der Waals surface area contributed by atoms with Crippen molar-refractivity contribution in [2.45, 2.75) is 33.2 Å². The van der Waals surface area contributed by atoms with Crippen molar-refractivity contribution in [2.24, 2.45) is 5.92 Å². The van der Waals surface area contributed by atoms with Gasteiger partial charge in [-0.3, -0.25) is 0 Å². The molecule has 1 unspecified atom stereocenters. The summed E-state index contributed by atoms with van der Waals surface area (Å²) in [5.41, 5.74) is 1.09. The summed E-state index contributed by atoms with van der Waals surface area (Å²) in [6, 6.07) is 0. The first kappa shape index (κ1) is 15.3. The van der Waals surface area contributed by atoms with Crippen molar-refractivity contribution < 1.29 is 4.74 Å². The zero-order valence-electron chi connectivity index (χ0n) is 13.1. The molecule has 2 rings (SSSR count). The van der Waals surface area contributed by atoms with Crippen LogP contribution < -0.4 is 5.32 Å². The lowest BCUT2D eigenvalue weighted by Gasteiger charge is -2.14. The van der Waals surface area contributed by atoms with E-state index in [9.17, 15) is 0 Å². The Labute approximate surface area is 122 Å². The first-order valence-electron chi connectivity index (χ1n) is 7.73. The summed E-state index contributed by atoms with van der Waals surface area (Å²) in [6.45, 7) is 10.1. The van der Waals surface area contributed by atoms with Crippen molar-refractivity contribution in [1.29, 1.82) is 0 Å². The minimum atomic E-state index is 0.748. The molecule has 1 aromatic heterocycles. The molecule has 5 nitrogen and oxygen atoms in total. The van der Waals surface area contributed by atoms with Crippen molar-refractivity contribution in [1.82, 2.24) is 14.5 Å². The highest BCUT2D eigenvalue weighted by Crippen LogP contribution is 2.19. The number of ether oxygens (including phenoxy) is 1. The molecule has 2 heterocycles. The van der Waals surface area contributed by atoms with Crippen molar-refractivity contribution in [3.05, 3.63) is 11.9 Å². The summed E-state index contributed by atoms with van der Waals surface area (Å²) in [7, 11) is 2.20. The highest BCUT2D eigenvalue weighted by atomic mass is 16.5. The van der Waals surface area contributed by atoms with E-state index in [0.717, 1.165) is 50.3 Å². The summed E-state index contributed by atoms with van der Waals surface area (Å²) in [4.78, 5) is 6.99. The largest absolute Gasteiger partial charge is 0.382 e. The number of likely N-dealkylation sites (tertiary alicyclic amines) is 1. The smallest absolute Gasteiger partial charge is 0.203 e. The molecule has 0 spiro atoms. The number of rotatable bonds is 8. The molecule has 1 N–H and O–H groups in total. The summed E-state index contributed by atoms with van der Waals surface area (Å²) in [5, 5.41) is 3.44. The number of hydrogen-bond donors (Lipinski definition) is 1. The zero-order chi connectivity index (χ0) is 14.4. The minimum absolute atomic E-state index is 0.748. The molecule has 1 saturated heterocycles. The first-order chi connectivity index (χ1) is 9.69. The standard InChI is InChI=1S/C15H28N4O/c1-4-20-9-5-7-16-15-17-13(2)10-19(15)12-14-6-8-18(3)11-14/h10,14H,4-9,11-12H2,1-3H3,(H,16,17). The number of anilines is 1. The summed E-state index contributed by atoms with van der Waals surface area (Å²) < 4.78 is 7.63. The Bertz CT molecular complexity index is 405. The van der Waals surface area contributed by atoms with Crippen LogP contribution in [0.3, 0.4) is 0 Å². The molecule has 1 aliphatic rings. The van der Waals surface area contributed by atoms with Gasteiger partial charge in [0.05, 0.1) is 5.69 Å². The first-order valence-corrected chi connectivity index (χ1v) is 7.73. The van der Waals surface area contributed by atoms with Gasteiger partial charge in [-0.1, -0.05) is 0 Å². The minimum Gasteiger partial charge on any atom is -0.382 e. The van der Waals surface area contributed by atoms with Crippen LogP contribution in [0.1, 0.15) is 25.5 Å². The molecule has 0 bridgehead atoms. The van der Waals surface area contributed by atoms with Gasteiger partial charge in [-0.2, -0.15) is 0 Å². The Kier molecular flexibility index (Phi) is 5.86. The average Bonchev–Trinajstić information content (AvgIpc) is 2.96. The number of imidazole rings is 1. The van der Waals surface area contributed by atoms with Gasteiger partial charge in [-0.25, -0.2) is 4.98 Å². The van der Waals surface area contributed by atoms with Crippen LogP contribution in [0, 0.1) is 12.8 Å². The SMILES string of the molecule is CCOCCCNc1nc(C)cn1CC1CCN(C)C1. The number of nitrogens with one attached hydrogen (secondary N) is 1. The van der Waals surface area contributed by atoms with Crippen molar-refractivity contribution in [3.63, 3.8) is 0 Å². The van der Waals surface area contributed by atoms with Crippen molar-refractivity contribution in [2.75, 3.05) is 45.2 Å². The predicted octanol–water partition coefficient (Wildman–Crippen LogP) is 1.98. The Hall–Kier alpha value is -1.07. The molecule has 1 aliphatic heterocycles. The molecule has 1 fully saturated rings. The van der Waals surface area contributed by atoms with Crippen LogP contribution in [0.5, 0.6) is 0 Å². The molecule has 5 heteroatoms. The fourth-order valence-corrected chi connectivity index (χ4v) is 2.80. The van der Waals surface area contributed by atoms with Crippen molar-refractivity contribution >= 4 is 5.95 Å². The summed E-state index contributed by atoms with van der Waals surface area (Å²) >= 11 is 0. The van der Waals surface area contributed by atoms with Gasteiger partial charge < -0.3 is 19.5 Å². The van der Waals surface area contributed by atoms with Gasteiger partial charge in [0.15, 0.2) is 0 Å². The second kappa shape index (κ2) is 7.64. The number of nitrogens with zero attached hydrogens (tertiary/aromatic N) is 3. The normalized spacial score (nSPS) is 19.6. The molecule has 0 aromatic carbocycles. The van der Waals surface area contributed by atoms with E-state index in [4.69, 9.17) is 4.74 Å². The molecular formula is C15H28N4O. The third-order valence-corrected chi connectivity index (χ3v) is 3.79. The van der Waals surface area contributed by atoms with E-state index < -0.39 is 0 Å². The molecule has 1 atom stereocenters. The van der Waals surface area contributed by atoms with E-state index >= 15 is 0 Å². The van der Waals surface area contributed by atoms with Crippen LogP contribution in [-0.2, 0) is 11.3 Å². The second-order valence-corrected chi connectivity index (χ2v) is 5.75. The van der Waals surface area contributed by atoms with E-state index in [0.29, 0.717) is 0 Å². The van der Waals surface area contributed by atoms with E-state index in [-0.39, 0.29) is 0 Å². The van der Waals surface area contributed by atoms with Crippen molar-refractivity contribution in [3.8, 4) is 0 Å². The van der Waals surface area contributed by atoms with Crippen LogP contribution in [0.25, 0.3) is 0 Å². The number of aromatic nitrogens is 2. The predicted molar refractivity (Wildman–Crippen MR) is 82.2 cm³/mol. The highest BCUT2D eigenvalue weighted by Gasteiger charge is 2.20. The molecule has 0 amide bonds. The fourth-order valence-electron chi connectivity index (χ4n) is 2.80. The molecule has 0 saturated carbocycles. The van der Waals surface area contributed by atoms with E-state index in [1.54, 1.807) is 0 Å². The summed E-state index contributed by atoms with van der Waals surface area (Å²) in [6.07, 6.45) is 4.46. The molecule has 20 heavy (non-hydrogen) atoms. The Morgan fingerprint density at radius 2 is 2.35 bits per heavy atom. The molecular weight excluding hydrogens is 252 g/mol. The monoisotopic (exact) mass is 280 g/mol. The van der Waals surface area contributed by atoms with Crippen LogP contribution in [-0.4, -0.2) is 54.3 Å². The van der Waals surface area contributed by atoms with Gasteiger partial charge in [-0.15, -0.1) is 0 Å². The topological polar surface area (TPSA) is 42.3 Å². The number of hydrogen-bond acceptors (Lipinski definition) is 4. The van der Waals surface area contributed by atoms with E-state index in [1.165, 1.54) is 19.5 Å². The van der Waals surface area contributed by atoms with Crippen LogP contribution >= 0.6 is 0 Å². The van der Waals surface area contributed by atoms with Gasteiger partial charge in [0, 0.05) is 39.0 Å². The average molecular weight is 280 g/mol.